The molecular formula is C14H18N4O. The quantitative estimate of drug-likeness (QED) is 0.895. The van der Waals surface area contributed by atoms with Crippen LogP contribution in [0.4, 0.5) is 0 Å². The third kappa shape index (κ3) is 2.76. The molecule has 19 heavy (non-hydrogen) atoms. The standard InChI is InChI=1S/C14H18N4O/c19-14(15-6-10-17-7-3-4-8-17)13-11-12-5-1-2-9-18(12)16-13/h1-2,5,9,11H,3-4,6-8,10H2,(H,15,19). The normalized spacial score (nSPS) is 16.0. The molecule has 1 amide bonds. The van der Waals surface area contributed by atoms with Gasteiger partial charge in [0.2, 0.25) is 0 Å². The van der Waals surface area contributed by atoms with E-state index in [-0.39, 0.29) is 5.91 Å². The number of nitrogens with one attached hydrogen (secondary N) is 1. The average Bonchev–Trinajstić information content (AvgIpc) is 3.07. The van der Waals surface area contributed by atoms with E-state index in [1.54, 1.807) is 4.52 Å². The van der Waals surface area contributed by atoms with Gasteiger partial charge in [-0.3, -0.25) is 4.79 Å². The van der Waals surface area contributed by atoms with Crippen LogP contribution in [0.3, 0.4) is 0 Å². The first-order valence-electron chi connectivity index (χ1n) is 6.78. The minimum Gasteiger partial charge on any atom is -0.349 e. The van der Waals surface area contributed by atoms with Gasteiger partial charge in [0.15, 0.2) is 5.69 Å². The van der Waals surface area contributed by atoms with Crippen LogP contribution in [-0.4, -0.2) is 46.6 Å². The van der Waals surface area contributed by atoms with Crippen molar-refractivity contribution >= 4 is 11.4 Å². The molecule has 5 heteroatoms. The molecular weight excluding hydrogens is 240 g/mol. The first kappa shape index (κ1) is 12.2. The molecule has 1 aliphatic rings. The summed E-state index contributed by atoms with van der Waals surface area (Å²) in [7, 11) is 0. The Morgan fingerprint density at radius 2 is 2.16 bits per heavy atom. The number of carbonyl (C=O) groups excluding carboxylic acids is 1. The van der Waals surface area contributed by atoms with E-state index >= 15 is 0 Å². The van der Waals surface area contributed by atoms with Gasteiger partial charge in [-0.15, -0.1) is 0 Å². The lowest BCUT2D eigenvalue weighted by Gasteiger charge is -2.14. The summed E-state index contributed by atoms with van der Waals surface area (Å²) < 4.78 is 1.72. The third-order valence-corrected chi connectivity index (χ3v) is 3.51. The van der Waals surface area contributed by atoms with Gasteiger partial charge in [0, 0.05) is 19.3 Å². The van der Waals surface area contributed by atoms with Gasteiger partial charge in [-0.25, -0.2) is 4.52 Å². The highest BCUT2D eigenvalue weighted by Gasteiger charge is 2.13. The number of pyridine rings is 1. The Labute approximate surface area is 112 Å². The van der Waals surface area contributed by atoms with Gasteiger partial charge in [-0.2, -0.15) is 5.10 Å². The highest BCUT2D eigenvalue weighted by molar-refractivity contribution is 5.93. The van der Waals surface area contributed by atoms with Crippen molar-refractivity contribution in [1.82, 2.24) is 19.8 Å². The summed E-state index contributed by atoms with van der Waals surface area (Å²) in [6.07, 6.45) is 4.40. The number of hydrogen-bond acceptors (Lipinski definition) is 3. The van der Waals surface area contributed by atoms with Gasteiger partial charge in [-0.1, -0.05) is 6.07 Å². The van der Waals surface area contributed by atoms with Crippen LogP contribution in [0, 0.1) is 0 Å². The lowest BCUT2D eigenvalue weighted by Crippen LogP contribution is -2.33. The Kier molecular flexibility index (Phi) is 3.46. The molecule has 3 heterocycles. The summed E-state index contributed by atoms with van der Waals surface area (Å²) in [4.78, 5) is 14.4. The third-order valence-electron chi connectivity index (χ3n) is 3.51. The average molecular weight is 258 g/mol. The molecule has 2 aromatic rings. The summed E-state index contributed by atoms with van der Waals surface area (Å²) in [5.74, 6) is -0.0945. The zero-order chi connectivity index (χ0) is 13.1. The SMILES string of the molecule is O=C(NCCN1CCCC1)c1cc2ccccn2n1. The fourth-order valence-corrected chi connectivity index (χ4v) is 2.47. The predicted molar refractivity (Wildman–Crippen MR) is 73.2 cm³/mol. The minimum absolute atomic E-state index is 0.0945. The summed E-state index contributed by atoms with van der Waals surface area (Å²) in [6, 6.07) is 7.58. The number of likely N-dealkylation sites (tertiary alicyclic amines) is 1. The topological polar surface area (TPSA) is 49.6 Å². The Balaban J connectivity index is 1.57. The van der Waals surface area contributed by atoms with E-state index in [0.717, 1.165) is 25.2 Å². The van der Waals surface area contributed by atoms with E-state index in [9.17, 15) is 4.79 Å². The van der Waals surface area contributed by atoms with Crippen LogP contribution >= 0.6 is 0 Å². The van der Waals surface area contributed by atoms with E-state index in [4.69, 9.17) is 0 Å². The number of aromatic nitrogens is 2. The summed E-state index contributed by atoms with van der Waals surface area (Å²) in [5.41, 5.74) is 1.42. The van der Waals surface area contributed by atoms with E-state index in [1.807, 2.05) is 30.5 Å². The molecule has 0 spiro atoms. The molecule has 1 fully saturated rings. The van der Waals surface area contributed by atoms with Crippen molar-refractivity contribution in [2.45, 2.75) is 12.8 Å². The Morgan fingerprint density at radius 3 is 2.95 bits per heavy atom. The Morgan fingerprint density at radius 1 is 1.32 bits per heavy atom. The van der Waals surface area contributed by atoms with E-state index in [2.05, 4.69) is 15.3 Å². The number of carbonyl (C=O) groups is 1. The van der Waals surface area contributed by atoms with E-state index in [0.29, 0.717) is 12.2 Å². The first-order valence-corrected chi connectivity index (χ1v) is 6.78. The highest BCUT2D eigenvalue weighted by atomic mass is 16.1. The molecule has 0 aromatic carbocycles. The minimum atomic E-state index is -0.0945. The van der Waals surface area contributed by atoms with Crippen LogP contribution in [0.25, 0.3) is 5.52 Å². The predicted octanol–water partition coefficient (Wildman–Crippen LogP) is 1.16. The maximum atomic E-state index is 12.0. The van der Waals surface area contributed by atoms with Gasteiger partial charge < -0.3 is 10.2 Å². The smallest absolute Gasteiger partial charge is 0.271 e. The van der Waals surface area contributed by atoms with Crippen molar-refractivity contribution in [1.29, 1.82) is 0 Å². The highest BCUT2D eigenvalue weighted by Crippen LogP contribution is 2.07. The van der Waals surface area contributed by atoms with Gasteiger partial charge in [0.25, 0.3) is 5.91 Å². The molecule has 0 bridgehead atoms. The molecule has 0 saturated carbocycles. The second-order valence-corrected chi connectivity index (χ2v) is 4.90. The maximum absolute atomic E-state index is 12.0. The molecule has 3 rings (SSSR count). The summed E-state index contributed by atoms with van der Waals surface area (Å²) in [6.45, 7) is 3.93. The molecule has 100 valence electrons. The van der Waals surface area contributed by atoms with Crippen molar-refractivity contribution in [3.8, 4) is 0 Å². The molecule has 0 atom stereocenters. The second kappa shape index (κ2) is 5.40. The van der Waals surface area contributed by atoms with Gasteiger partial charge >= 0.3 is 0 Å². The van der Waals surface area contributed by atoms with E-state index < -0.39 is 0 Å². The number of nitrogens with zero attached hydrogens (tertiary/aromatic N) is 3. The largest absolute Gasteiger partial charge is 0.349 e. The molecule has 0 radical (unpaired) electrons. The van der Waals surface area contributed by atoms with E-state index in [1.165, 1.54) is 12.8 Å². The molecule has 1 N–H and O–H groups in total. The molecule has 1 aliphatic heterocycles. The van der Waals surface area contributed by atoms with Gasteiger partial charge in [-0.05, 0) is 44.1 Å². The summed E-state index contributed by atoms with van der Waals surface area (Å²) >= 11 is 0. The number of amides is 1. The Hall–Kier alpha value is -1.88. The number of hydrogen-bond donors (Lipinski definition) is 1. The van der Waals surface area contributed by atoms with Crippen LogP contribution in [0.15, 0.2) is 30.5 Å². The van der Waals surface area contributed by atoms with Crippen molar-refractivity contribution < 1.29 is 4.79 Å². The lowest BCUT2D eigenvalue weighted by molar-refractivity contribution is 0.0944. The van der Waals surface area contributed by atoms with Gasteiger partial charge in [0.05, 0.1) is 5.52 Å². The van der Waals surface area contributed by atoms with Crippen molar-refractivity contribution in [3.63, 3.8) is 0 Å². The lowest BCUT2D eigenvalue weighted by atomic mass is 10.3. The zero-order valence-corrected chi connectivity index (χ0v) is 10.9. The van der Waals surface area contributed by atoms with Crippen molar-refractivity contribution in [3.05, 3.63) is 36.2 Å². The fraction of sp³-hybridized carbons (Fsp3) is 0.429. The van der Waals surface area contributed by atoms with Gasteiger partial charge in [0.1, 0.15) is 0 Å². The van der Waals surface area contributed by atoms with Crippen LogP contribution < -0.4 is 5.32 Å². The van der Waals surface area contributed by atoms with Crippen molar-refractivity contribution in [2.24, 2.45) is 0 Å². The summed E-state index contributed by atoms with van der Waals surface area (Å²) in [5, 5.41) is 7.18. The molecule has 1 saturated heterocycles. The monoisotopic (exact) mass is 258 g/mol. The maximum Gasteiger partial charge on any atom is 0.271 e. The zero-order valence-electron chi connectivity index (χ0n) is 10.9. The first-order chi connectivity index (χ1) is 9.33. The van der Waals surface area contributed by atoms with Crippen LogP contribution in [0.2, 0.25) is 0 Å². The molecule has 2 aromatic heterocycles. The number of rotatable bonds is 4. The van der Waals surface area contributed by atoms with Crippen molar-refractivity contribution in [2.75, 3.05) is 26.2 Å². The molecule has 5 nitrogen and oxygen atoms in total. The second-order valence-electron chi connectivity index (χ2n) is 4.90. The Bertz CT molecular complexity index is 539. The van der Waals surface area contributed by atoms with Crippen LogP contribution in [-0.2, 0) is 0 Å². The van der Waals surface area contributed by atoms with Crippen LogP contribution in [0.5, 0.6) is 0 Å². The van der Waals surface area contributed by atoms with Crippen LogP contribution in [0.1, 0.15) is 23.3 Å². The number of fused-ring (bicyclic) bond motifs is 1. The fourth-order valence-electron chi connectivity index (χ4n) is 2.47. The molecule has 0 aliphatic carbocycles. The molecule has 0 unspecified atom stereocenters.